The van der Waals surface area contributed by atoms with E-state index in [1.807, 2.05) is 0 Å². The van der Waals surface area contributed by atoms with E-state index < -0.39 is 20.9 Å². The molecule has 1 atom stereocenters. The zero-order valence-electron chi connectivity index (χ0n) is 7.76. The lowest BCUT2D eigenvalue weighted by Gasteiger charge is -2.02. The highest BCUT2D eigenvalue weighted by molar-refractivity contribution is 7.86. The summed E-state index contributed by atoms with van der Waals surface area (Å²) in [7, 11) is -4.55. The first-order valence-corrected chi connectivity index (χ1v) is 7.09. The molecule has 1 aromatic carbocycles. The number of rotatable bonds is 3. The predicted octanol–water partition coefficient (Wildman–Crippen LogP) is 0.762. The van der Waals surface area contributed by atoms with Gasteiger partial charge in [0.15, 0.2) is 0 Å². The van der Waals surface area contributed by atoms with E-state index in [0.717, 1.165) is 6.26 Å². The van der Waals surface area contributed by atoms with Gasteiger partial charge in [0.1, 0.15) is 5.75 Å². The van der Waals surface area contributed by atoms with Crippen LogP contribution in [0.5, 0.6) is 5.75 Å². The van der Waals surface area contributed by atoms with Crippen molar-refractivity contribution in [3.8, 4) is 5.75 Å². The molecule has 1 aromatic rings. The first-order valence-electron chi connectivity index (χ1n) is 3.71. The maximum absolute atomic E-state index is 11.0. The van der Waals surface area contributed by atoms with Gasteiger partial charge in [-0.05, 0) is 24.3 Å². The van der Waals surface area contributed by atoms with Crippen molar-refractivity contribution >= 4 is 20.9 Å². The van der Waals surface area contributed by atoms with Crippen molar-refractivity contribution in [1.29, 1.82) is 0 Å². The summed E-state index contributed by atoms with van der Waals surface area (Å²) in [6.07, 6.45) is 2.52. The molecule has 0 spiro atoms. The van der Waals surface area contributed by atoms with Crippen molar-refractivity contribution in [1.82, 2.24) is 0 Å². The molecule has 14 heavy (non-hydrogen) atoms. The molecule has 0 fully saturated rings. The van der Waals surface area contributed by atoms with Gasteiger partial charge in [-0.3, -0.25) is 4.21 Å². The first-order chi connectivity index (χ1) is 6.38. The molecule has 0 saturated carbocycles. The average molecular weight is 234 g/mol. The largest absolute Gasteiger partial charge is 0.383 e. The van der Waals surface area contributed by atoms with Crippen molar-refractivity contribution in [2.75, 3.05) is 12.5 Å². The van der Waals surface area contributed by atoms with E-state index >= 15 is 0 Å². The number of benzene rings is 1. The predicted molar refractivity (Wildman–Crippen MR) is 54.2 cm³/mol. The first kappa shape index (κ1) is 11.2. The van der Waals surface area contributed by atoms with E-state index in [9.17, 15) is 12.6 Å². The summed E-state index contributed by atoms with van der Waals surface area (Å²) >= 11 is 0. The van der Waals surface area contributed by atoms with Crippen LogP contribution in [0.3, 0.4) is 0 Å². The van der Waals surface area contributed by atoms with Crippen LogP contribution in [0.2, 0.25) is 0 Å². The van der Waals surface area contributed by atoms with Gasteiger partial charge in [-0.15, -0.1) is 0 Å². The molecule has 0 heterocycles. The summed E-state index contributed by atoms with van der Waals surface area (Å²) in [6, 6.07) is 6.07. The SMILES string of the molecule is CS(=O)c1ccc(OS(C)(=O)=O)cc1. The molecular weight excluding hydrogens is 224 g/mol. The van der Waals surface area contributed by atoms with Crippen LogP contribution in [-0.4, -0.2) is 25.1 Å². The van der Waals surface area contributed by atoms with Crippen molar-refractivity contribution in [2.45, 2.75) is 4.90 Å². The standard InChI is InChI=1S/C8H10O4S2/c1-13(9)8-5-3-7(4-6-8)12-14(2,10)11/h3-6H,1-2H3. The van der Waals surface area contributed by atoms with Gasteiger partial charge in [0.2, 0.25) is 0 Å². The summed E-state index contributed by atoms with van der Waals surface area (Å²) in [4.78, 5) is 0.630. The molecule has 0 bridgehead atoms. The Morgan fingerprint density at radius 3 is 2.07 bits per heavy atom. The summed E-state index contributed by atoms with van der Waals surface area (Å²) in [6.45, 7) is 0. The Kier molecular flexibility index (Phi) is 3.28. The van der Waals surface area contributed by atoms with E-state index in [4.69, 9.17) is 0 Å². The lowest BCUT2D eigenvalue weighted by atomic mass is 10.3. The molecule has 4 nitrogen and oxygen atoms in total. The highest BCUT2D eigenvalue weighted by Gasteiger charge is 2.04. The monoisotopic (exact) mass is 234 g/mol. The molecule has 0 aliphatic carbocycles. The fourth-order valence-electron chi connectivity index (χ4n) is 0.862. The Labute approximate surface area is 85.5 Å². The molecule has 0 radical (unpaired) electrons. The number of hydrogen-bond donors (Lipinski definition) is 0. The molecule has 78 valence electrons. The van der Waals surface area contributed by atoms with Crippen LogP contribution in [0.1, 0.15) is 0 Å². The molecule has 0 aliphatic heterocycles. The van der Waals surface area contributed by atoms with Crippen LogP contribution in [0, 0.1) is 0 Å². The van der Waals surface area contributed by atoms with Crippen LogP contribution in [0.4, 0.5) is 0 Å². The van der Waals surface area contributed by atoms with Gasteiger partial charge in [-0.2, -0.15) is 8.42 Å². The molecule has 6 heteroatoms. The van der Waals surface area contributed by atoms with Crippen molar-refractivity contribution < 1.29 is 16.8 Å². The summed E-state index contributed by atoms with van der Waals surface area (Å²) in [5.74, 6) is 0.224. The zero-order valence-corrected chi connectivity index (χ0v) is 9.39. The Morgan fingerprint density at radius 2 is 1.71 bits per heavy atom. The third-order valence-corrected chi connectivity index (χ3v) is 2.83. The van der Waals surface area contributed by atoms with Crippen LogP contribution in [0.25, 0.3) is 0 Å². The Morgan fingerprint density at radius 1 is 1.21 bits per heavy atom. The van der Waals surface area contributed by atoms with Gasteiger partial charge in [0.05, 0.1) is 6.26 Å². The van der Waals surface area contributed by atoms with Gasteiger partial charge in [-0.1, -0.05) is 0 Å². The average Bonchev–Trinajstić information content (AvgIpc) is 2.02. The normalized spacial score (nSPS) is 13.6. The molecule has 0 aromatic heterocycles. The molecule has 1 rings (SSSR count). The lowest BCUT2D eigenvalue weighted by Crippen LogP contribution is -2.05. The van der Waals surface area contributed by atoms with Gasteiger partial charge < -0.3 is 4.18 Å². The maximum Gasteiger partial charge on any atom is 0.306 e. The highest BCUT2D eigenvalue weighted by Crippen LogP contribution is 2.15. The quantitative estimate of drug-likeness (QED) is 0.724. The van der Waals surface area contributed by atoms with E-state index in [0.29, 0.717) is 4.90 Å². The molecule has 0 N–H and O–H groups in total. The fourth-order valence-corrected chi connectivity index (χ4v) is 1.84. The molecular formula is C8H10O4S2. The summed E-state index contributed by atoms with van der Waals surface area (Å²) in [5, 5.41) is 0. The van der Waals surface area contributed by atoms with Crippen molar-refractivity contribution in [3.05, 3.63) is 24.3 Å². The Bertz CT molecular complexity index is 433. The van der Waals surface area contributed by atoms with Gasteiger partial charge in [0.25, 0.3) is 0 Å². The number of hydrogen-bond acceptors (Lipinski definition) is 4. The second-order valence-corrected chi connectivity index (χ2v) is 5.67. The van der Waals surface area contributed by atoms with Crippen molar-refractivity contribution in [2.24, 2.45) is 0 Å². The van der Waals surface area contributed by atoms with Crippen molar-refractivity contribution in [3.63, 3.8) is 0 Å². The minimum absolute atomic E-state index is 0.224. The van der Waals surface area contributed by atoms with Crippen LogP contribution in [0.15, 0.2) is 29.2 Å². The minimum Gasteiger partial charge on any atom is -0.383 e. The zero-order chi connectivity index (χ0) is 10.8. The molecule has 0 saturated heterocycles. The summed E-state index contributed by atoms with van der Waals surface area (Å²) in [5.41, 5.74) is 0. The van der Waals surface area contributed by atoms with Gasteiger partial charge in [0, 0.05) is 22.0 Å². The second-order valence-electron chi connectivity index (χ2n) is 2.71. The molecule has 1 unspecified atom stereocenters. The minimum atomic E-state index is -3.49. The van der Waals surface area contributed by atoms with E-state index in [-0.39, 0.29) is 5.75 Å². The fraction of sp³-hybridized carbons (Fsp3) is 0.250. The van der Waals surface area contributed by atoms with Crippen LogP contribution >= 0.6 is 0 Å². The van der Waals surface area contributed by atoms with Gasteiger partial charge >= 0.3 is 10.1 Å². The third kappa shape index (κ3) is 3.47. The second kappa shape index (κ2) is 4.10. The molecule has 0 amide bonds. The van der Waals surface area contributed by atoms with E-state index in [1.54, 1.807) is 18.4 Å². The maximum atomic E-state index is 11.0. The van der Waals surface area contributed by atoms with E-state index in [2.05, 4.69) is 4.18 Å². The van der Waals surface area contributed by atoms with E-state index in [1.165, 1.54) is 12.1 Å². The summed E-state index contributed by atoms with van der Waals surface area (Å²) < 4.78 is 37.1. The third-order valence-electron chi connectivity index (χ3n) is 1.40. The molecule has 0 aliphatic rings. The van der Waals surface area contributed by atoms with Crippen LogP contribution < -0.4 is 4.18 Å². The Hall–Kier alpha value is -0.880. The smallest absolute Gasteiger partial charge is 0.306 e. The van der Waals surface area contributed by atoms with Crippen LogP contribution in [-0.2, 0) is 20.9 Å². The van der Waals surface area contributed by atoms with Gasteiger partial charge in [-0.25, -0.2) is 0 Å². The lowest BCUT2D eigenvalue weighted by molar-refractivity contribution is 0.493. The highest BCUT2D eigenvalue weighted by atomic mass is 32.2. The Balaban J connectivity index is 2.90. The topological polar surface area (TPSA) is 60.4 Å².